The van der Waals surface area contributed by atoms with Crippen molar-refractivity contribution in [3.8, 4) is 5.75 Å². The molecular weight excluding hydrogens is 240 g/mol. The van der Waals surface area contributed by atoms with Crippen molar-refractivity contribution in [3.05, 3.63) is 29.8 Å². The zero-order valence-corrected chi connectivity index (χ0v) is 11.3. The molecule has 1 amide bonds. The van der Waals surface area contributed by atoms with Gasteiger partial charge >= 0.3 is 0 Å². The minimum Gasteiger partial charge on any atom is -0.497 e. The highest BCUT2D eigenvalue weighted by Crippen LogP contribution is 2.26. The number of carbonyl (C=O) groups excluding carboxylic acids is 1. The van der Waals surface area contributed by atoms with E-state index in [-0.39, 0.29) is 5.91 Å². The molecule has 4 nitrogen and oxygen atoms in total. The predicted octanol–water partition coefficient (Wildman–Crippen LogP) is 1.38. The minimum absolute atomic E-state index is 0.135. The lowest BCUT2D eigenvalue weighted by molar-refractivity contribution is 0.0537. The summed E-state index contributed by atoms with van der Waals surface area (Å²) >= 11 is 0. The van der Waals surface area contributed by atoms with Crippen molar-refractivity contribution < 1.29 is 9.53 Å². The van der Waals surface area contributed by atoms with Crippen LogP contribution < -0.4 is 10.1 Å². The van der Waals surface area contributed by atoms with Gasteiger partial charge in [0.25, 0.3) is 5.91 Å². The molecule has 2 aliphatic heterocycles. The predicted molar refractivity (Wildman–Crippen MR) is 73.4 cm³/mol. The van der Waals surface area contributed by atoms with Crippen LogP contribution in [0.5, 0.6) is 5.75 Å². The molecule has 3 rings (SSSR count). The number of methoxy groups -OCH3 is 1. The summed E-state index contributed by atoms with van der Waals surface area (Å²) in [6.45, 7) is 3.83. The molecule has 0 radical (unpaired) electrons. The largest absolute Gasteiger partial charge is 0.497 e. The number of amides is 1. The van der Waals surface area contributed by atoms with Gasteiger partial charge in [-0.15, -0.1) is 0 Å². The Kier molecular flexibility index (Phi) is 3.42. The Bertz CT molecular complexity index is 463. The van der Waals surface area contributed by atoms with Crippen LogP contribution in [0, 0.1) is 11.8 Å². The van der Waals surface area contributed by atoms with Crippen molar-refractivity contribution in [2.75, 3.05) is 33.3 Å². The minimum atomic E-state index is 0.135. The van der Waals surface area contributed by atoms with E-state index >= 15 is 0 Å². The summed E-state index contributed by atoms with van der Waals surface area (Å²) in [6.07, 6.45) is 1.26. The maximum Gasteiger partial charge on any atom is 0.254 e. The zero-order chi connectivity index (χ0) is 13.2. The van der Waals surface area contributed by atoms with Crippen LogP contribution in [0.2, 0.25) is 0 Å². The van der Waals surface area contributed by atoms with Gasteiger partial charge in [-0.2, -0.15) is 0 Å². The zero-order valence-electron chi connectivity index (χ0n) is 11.3. The number of likely N-dealkylation sites (tertiary alicyclic amines) is 1. The number of nitrogens with zero attached hydrogens (tertiary/aromatic N) is 1. The Hall–Kier alpha value is -1.55. The van der Waals surface area contributed by atoms with Crippen LogP contribution >= 0.6 is 0 Å². The number of hydrogen-bond donors (Lipinski definition) is 1. The SMILES string of the molecule is COc1cccc(C(=O)N2CC3CNCC(C3)C2)c1. The van der Waals surface area contributed by atoms with Gasteiger partial charge in [0.2, 0.25) is 0 Å². The molecule has 1 aromatic rings. The number of benzene rings is 1. The van der Waals surface area contributed by atoms with Gasteiger partial charge in [-0.25, -0.2) is 0 Å². The highest BCUT2D eigenvalue weighted by molar-refractivity contribution is 5.94. The number of fused-ring (bicyclic) bond motifs is 2. The maximum atomic E-state index is 12.5. The molecule has 4 heteroatoms. The smallest absolute Gasteiger partial charge is 0.254 e. The third kappa shape index (κ3) is 2.59. The highest BCUT2D eigenvalue weighted by Gasteiger charge is 2.32. The first-order valence-corrected chi connectivity index (χ1v) is 6.90. The molecule has 2 fully saturated rings. The van der Waals surface area contributed by atoms with E-state index in [2.05, 4.69) is 5.32 Å². The van der Waals surface area contributed by atoms with Gasteiger partial charge < -0.3 is 15.0 Å². The third-order valence-corrected chi connectivity index (χ3v) is 4.09. The Morgan fingerprint density at radius 2 is 2.05 bits per heavy atom. The molecule has 0 aliphatic carbocycles. The van der Waals surface area contributed by atoms with Gasteiger partial charge in [0.1, 0.15) is 5.75 Å². The van der Waals surface area contributed by atoms with E-state index < -0.39 is 0 Å². The van der Waals surface area contributed by atoms with Crippen LogP contribution in [0.15, 0.2) is 24.3 Å². The molecule has 0 spiro atoms. The number of nitrogens with one attached hydrogen (secondary N) is 1. The van der Waals surface area contributed by atoms with Gasteiger partial charge in [0.15, 0.2) is 0 Å². The molecule has 1 aromatic carbocycles. The standard InChI is InChI=1S/C15H20N2O2/c1-19-14-4-2-3-13(6-14)15(18)17-9-11-5-12(10-17)8-16-7-11/h2-4,6,11-12,16H,5,7-10H2,1H3. The van der Waals surface area contributed by atoms with Gasteiger partial charge in [-0.1, -0.05) is 6.07 Å². The highest BCUT2D eigenvalue weighted by atomic mass is 16.5. The third-order valence-electron chi connectivity index (χ3n) is 4.09. The van der Waals surface area contributed by atoms with E-state index in [9.17, 15) is 4.79 Å². The van der Waals surface area contributed by atoms with Gasteiger partial charge in [-0.3, -0.25) is 4.79 Å². The van der Waals surface area contributed by atoms with Crippen molar-refractivity contribution in [2.45, 2.75) is 6.42 Å². The fraction of sp³-hybridized carbons (Fsp3) is 0.533. The monoisotopic (exact) mass is 260 g/mol. The second-order valence-corrected chi connectivity index (χ2v) is 5.57. The van der Waals surface area contributed by atoms with Crippen LogP contribution in [-0.2, 0) is 0 Å². The Balaban J connectivity index is 1.76. The molecule has 2 saturated heterocycles. The second-order valence-electron chi connectivity index (χ2n) is 5.57. The van der Waals surface area contributed by atoms with Gasteiger partial charge in [0.05, 0.1) is 7.11 Å². The number of ether oxygens (including phenoxy) is 1. The van der Waals surface area contributed by atoms with Crippen molar-refractivity contribution in [1.82, 2.24) is 10.2 Å². The maximum absolute atomic E-state index is 12.5. The van der Waals surface area contributed by atoms with Gasteiger partial charge in [-0.05, 0) is 49.5 Å². The summed E-state index contributed by atoms with van der Waals surface area (Å²) in [5.74, 6) is 2.10. The van der Waals surface area contributed by atoms with E-state index in [1.54, 1.807) is 7.11 Å². The lowest BCUT2D eigenvalue weighted by Crippen LogP contribution is -2.52. The van der Waals surface area contributed by atoms with Crippen LogP contribution in [0.4, 0.5) is 0 Å². The average Bonchev–Trinajstić information content (AvgIpc) is 2.46. The fourth-order valence-corrected chi connectivity index (χ4v) is 3.21. The molecule has 1 N–H and O–H groups in total. The normalized spacial score (nSPS) is 26.1. The lowest BCUT2D eigenvalue weighted by Gasteiger charge is -2.41. The summed E-state index contributed by atoms with van der Waals surface area (Å²) in [7, 11) is 1.63. The molecule has 0 aromatic heterocycles. The van der Waals surface area contributed by atoms with Crippen molar-refractivity contribution >= 4 is 5.91 Å². The van der Waals surface area contributed by atoms with Crippen molar-refractivity contribution in [2.24, 2.45) is 11.8 Å². The molecule has 19 heavy (non-hydrogen) atoms. The molecule has 2 aliphatic rings. The first-order valence-electron chi connectivity index (χ1n) is 6.90. The molecular formula is C15H20N2O2. The van der Waals surface area contributed by atoms with E-state index in [0.717, 1.165) is 37.5 Å². The number of rotatable bonds is 2. The van der Waals surface area contributed by atoms with Crippen molar-refractivity contribution in [3.63, 3.8) is 0 Å². The van der Waals surface area contributed by atoms with E-state index in [1.807, 2.05) is 29.2 Å². The Morgan fingerprint density at radius 1 is 1.32 bits per heavy atom. The van der Waals surface area contributed by atoms with E-state index in [1.165, 1.54) is 6.42 Å². The van der Waals surface area contributed by atoms with E-state index in [0.29, 0.717) is 11.8 Å². The van der Waals surface area contributed by atoms with Crippen LogP contribution in [-0.4, -0.2) is 44.1 Å². The second kappa shape index (κ2) is 5.21. The van der Waals surface area contributed by atoms with E-state index in [4.69, 9.17) is 4.74 Å². The molecule has 2 atom stereocenters. The first kappa shape index (κ1) is 12.5. The van der Waals surface area contributed by atoms with Crippen molar-refractivity contribution in [1.29, 1.82) is 0 Å². The summed E-state index contributed by atoms with van der Waals surface area (Å²) in [5.41, 5.74) is 0.729. The topological polar surface area (TPSA) is 41.6 Å². The van der Waals surface area contributed by atoms with Gasteiger partial charge in [0, 0.05) is 18.7 Å². The lowest BCUT2D eigenvalue weighted by atomic mass is 9.85. The molecule has 0 saturated carbocycles. The average molecular weight is 260 g/mol. The molecule has 2 heterocycles. The Labute approximate surface area is 113 Å². The number of hydrogen-bond acceptors (Lipinski definition) is 3. The van der Waals surface area contributed by atoms with Crippen LogP contribution in [0.25, 0.3) is 0 Å². The number of piperidine rings is 2. The molecule has 2 bridgehead atoms. The van der Waals surface area contributed by atoms with Crippen LogP contribution in [0.1, 0.15) is 16.8 Å². The summed E-state index contributed by atoms with van der Waals surface area (Å²) in [4.78, 5) is 14.6. The molecule has 2 unspecified atom stereocenters. The summed E-state index contributed by atoms with van der Waals surface area (Å²) in [6, 6.07) is 7.43. The Morgan fingerprint density at radius 3 is 2.74 bits per heavy atom. The fourth-order valence-electron chi connectivity index (χ4n) is 3.21. The first-order chi connectivity index (χ1) is 9.26. The summed E-state index contributed by atoms with van der Waals surface area (Å²) in [5, 5.41) is 3.45. The quantitative estimate of drug-likeness (QED) is 0.873. The molecule has 102 valence electrons. The summed E-state index contributed by atoms with van der Waals surface area (Å²) < 4.78 is 5.19. The number of carbonyl (C=O) groups is 1. The van der Waals surface area contributed by atoms with Crippen LogP contribution in [0.3, 0.4) is 0 Å².